The molecule has 0 aromatic heterocycles. The molecular formula is C57H98O10S3Ti2. The van der Waals surface area contributed by atoms with Crippen LogP contribution in [-0.2, 0) is 93.1 Å². The molecule has 10 nitrogen and oxygen atoms in total. The summed E-state index contributed by atoms with van der Waals surface area (Å²) in [5.74, 6) is 0. The van der Waals surface area contributed by atoms with E-state index in [0.717, 1.165) is 55.2 Å². The molecule has 0 aliphatic heterocycles. The molecule has 0 aliphatic rings. The van der Waals surface area contributed by atoms with Gasteiger partial charge in [-0.3, -0.25) is 13.7 Å². The first-order valence-corrected chi connectivity index (χ1v) is 31.6. The Morgan fingerprint density at radius 2 is 0.472 bits per heavy atom. The molecule has 0 unspecified atom stereocenters. The second-order valence-corrected chi connectivity index (χ2v) is 23.3. The predicted octanol–water partition coefficient (Wildman–Crippen LogP) is 16.6. The Bertz CT molecular complexity index is 1820. The smallest absolute Gasteiger partial charge is 0.294 e. The molecule has 3 aromatic carbocycles. The van der Waals surface area contributed by atoms with Gasteiger partial charge in [0.15, 0.2) is 0 Å². The van der Waals surface area contributed by atoms with Gasteiger partial charge in [-0.25, -0.2) is 0 Å². The zero-order chi connectivity index (χ0) is 52.4. The Morgan fingerprint density at radius 1 is 0.319 bits per heavy atom. The number of hydrogen-bond donors (Lipinski definition) is 4. The Kier molecular flexibility index (Phi) is 50.2. The van der Waals surface area contributed by atoms with Gasteiger partial charge < -0.3 is 5.11 Å². The molecule has 0 spiro atoms. The van der Waals surface area contributed by atoms with Crippen molar-refractivity contribution >= 4 is 30.4 Å². The Morgan fingerprint density at radius 3 is 0.639 bits per heavy atom. The van der Waals surface area contributed by atoms with Crippen LogP contribution in [0.4, 0.5) is 0 Å². The average Bonchev–Trinajstić information content (AvgIpc) is 3.30. The molecule has 0 saturated heterocycles. The van der Waals surface area contributed by atoms with Gasteiger partial charge in [-0.1, -0.05) is 249 Å². The fourth-order valence-electron chi connectivity index (χ4n) is 8.29. The summed E-state index contributed by atoms with van der Waals surface area (Å²) in [6.45, 7) is 10.2. The molecule has 0 atom stereocenters. The SMILES string of the molecule is CC(C)O.CCCCCCCCCCCCc1ccccc1S(=O)(=O)O.CCCCCCCCCCCCc1ccccc1S(=O)(=O)O.CCCCCCCCCCCCc1ccccc1S(=O)(=O)O.[Ti].[Ti]. The Labute approximate surface area is 470 Å². The molecule has 15 heteroatoms. The van der Waals surface area contributed by atoms with Crippen molar-refractivity contribution in [3.05, 3.63) is 89.5 Å². The quantitative estimate of drug-likeness (QED) is 0.0248. The Balaban J connectivity index is -0.000000941. The van der Waals surface area contributed by atoms with Crippen LogP contribution in [-0.4, -0.2) is 50.1 Å². The van der Waals surface area contributed by atoms with Crippen LogP contribution in [0.25, 0.3) is 0 Å². The molecule has 0 fully saturated rings. The van der Waals surface area contributed by atoms with E-state index >= 15 is 0 Å². The van der Waals surface area contributed by atoms with E-state index in [-0.39, 0.29) is 64.2 Å². The second kappa shape index (κ2) is 48.2. The average molecular weight is 1140 g/mol. The number of benzene rings is 3. The summed E-state index contributed by atoms with van der Waals surface area (Å²) in [6.07, 6.45) is 39.8. The van der Waals surface area contributed by atoms with Crippen LogP contribution in [0, 0.1) is 0 Å². The van der Waals surface area contributed by atoms with E-state index in [2.05, 4.69) is 20.8 Å². The molecule has 0 heterocycles. The van der Waals surface area contributed by atoms with Crippen molar-refractivity contribution in [1.82, 2.24) is 0 Å². The van der Waals surface area contributed by atoms with Crippen LogP contribution in [0.3, 0.4) is 0 Å². The maximum Gasteiger partial charge on any atom is 0.294 e. The molecule has 4 N–H and O–H groups in total. The normalized spacial score (nSPS) is 11.2. The fraction of sp³-hybridized carbons (Fsp3) is 0.684. The van der Waals surface area contributed by atoms with Crippen LogP contribution >= 0.6 is 0 Å². The minimum absolute atomic E-state index is 0. The van der Waals surface area contributed by atoms with E-state index in [4.69, 9.17) is 5.11 Å². The predicted molar refractivity (Wildman–Crippen MR) is 293 cm³/mol. The monoisotopic (exact) mass is 1130 g/mol. The van der Waals surface area contributed by atoms with Crippen molar-refractivity contribution in [3.8, 4) is 0 Å². The van der Waals surface area contributed by atoms with Crippen molar-refractivity contribution in [1.29, 1.82) is 0 Å². The number of unbranched alkanes of at least 4 members (excludes halogenated alkanes) is 27. The molecule has 0 bridgehead atoms. The van der Waals surface area contributed by atoms with Gasteiger partial charge in [-0.2, -0.15) is 25.3 Å². The van der Waals surface area contributed by atoms with Gasteiger partial charge in [0, 0.05) is 49.5 Å². The molecule has 0 radical (unpaired) electrons. The summed E-state index contributed by atoms with van der Waals surface area (Å²) in [5, 5.41) is 8.06. The van der Waals surface area contributed by atoms with Crippen LogP contribution in [0.1, 0.15) is 244 Å². The van der Waals surface area contributed by atoms with Crippen molar-refractivity contribution in [2.45, 2.75) is 267 Å². The minimum Gasteiger partial charge on any atom is -0.394 e. The van der Waals surface area contributed by atoms with Gasteiger partial charge in [-0.15, -0.1) is 0 Å². The van der Waals surface area contributed by atoms with Gasteiger partial charge in [-0.05, 0) is 87.3 Å². The van der Waals surface area contributed by atoms with Crippen molar-refractivity contribution in [2.24, 2.45) is 0 Å². The third kappa shape index (κ3) is 42.9. The van der Waals surface area contributed by atoms with Gasteiger partial charge in [0.05, 0.1) is 14.7 Å². The summed E-state index contributed by atoms with van der Waals surface area (Å²) in [7, 11) is -12.3. The summed E-state index contributed by atoms with van der Waals surface area (Å²) < 4.78 is 95.4. The third-order valence-corrected chi connectivity index (χ3v) is 15.0. The van der Waals surface area contributed by atoms with E-state index in [9.17, 15) is 38.9 Å². The van der Waals surface area contributed by atoms with Crippen LogP contribution in [0.15, 0.2) is 87.5 Å². The molecule has 3 aromatic rings. The number of rotatable bonds is 36. The first-order valence-electron chi connectivity index (χ1n) is 27.2. The summed E-state index contributed by atoms with van der Waals surface area (Å²) in [6, 6.07) is 20.2. The van der Waals surface area contributed by atoms with E-state index in [1.165, 1.54) is 172 Å². The summed E-state index contributed by atoms with van der Waals surface area (Å²) in [4.78, 5) is 0.183. The van der Waals surface area contributed by atoms with Crippen LogP contribution < -0.4 is 0 Å². The largest absolute Gasteiger partial charge is 0.394 e. The molecular weight excluding hydrogens is 1040 g/mol. The third-order valence-electron chi connectivity index (χ3n) is 12.2. The summed E-state index contributed by atoms with van der Waals surface area (Å²) in [5.41, 5.74) is 2.18. The molecule has 412 valence electrons. The first kappa shape index (κ1) is 75.0. The van der Waals surface area contributed by atoms with Crippen molar-refractivity contribution in [3.63, 3.8) is 0 Å². The number of hydrogen-bond acceptors (Lipinski definition) is 7. The molecule has 0 aliphatic carbocycles. The van der Waals surface area contributed by atoms with Gasteiger partial charge in [0.2, 0.25) is 0 Å². The zero-order valence-corrected chi connectivity index (χ0v) is 50.9. The van der Waals surface area contributed by atoms with E-state index in [0.29, 0.717) is 19.3 Å². The topological polar surface area (TPSA) is 183 Å². The van der Waals surface area contributed by atoms with Gasteiger partial charge >= 0.3 is 0 Å². The molecule has 0 amide bonds. The fourth-order valence-corrected chi connectivity index (χ4v) is 10.6. The molecule has 72 heavy (non-hydrogen) atoms. The minimum atomic E-state index is -4.10. The first-order chi connectivity index (χ1) is 33.4. The second-order valence-electron chi connectivity index (χ2n) is 19.1. The maximum atomic E-state index is 11.3. The number of aryl methyl sites for hydroxylation is 3. The molecule has 3 rings (SSSR count). The van der Waals surface area contributed by atoms with Crippen molar-refractivity contribution in [2.75, 3.05) is 0 Å². The molecule has 0 saturated carbocycles. The standard InChI is InChI=1S/3C18H30O3S.C3H8O.2Ti/c3*1-2-3-4-5-6-7-8-9-10-11-14-17-15-12-13-16-18(17)22(19,20)21;1-3(2)4;;/h3*12-13,15-16H,2-11,14H2,1H3,(H,19,20,21);3-4H,1-2H3;;. The van der Waals surface area contributed by atoms with E-state index < -0.39 is 30.4 Å². The van der Waals surface area contributed by atoms with Crippen LogP contribution in [0.5, 0.6) is 0 Å². The van der Waals surface area contributed by atoms with Crippen molar-refractivity contribution < 1.29 is 87.5 Å². The zero-order valence-electron chi connectivity index (χ0n) is 45.3. The maximum absolute atomic E-state index is 11.3. The Hall–Kier alpha value is -1.22. The van der Waals surface area contributed by atoms with E-state index in [1.54, 1.807) is 50.2 Å². The van der Waals surface area contributed by atoms with Gasteiger partial charge in [0.25, 0.3) is 30.4 Å². The number of aliphatic hydroxyl groups excluding tert-OH is 1. The summed E-state index contributed by atoms with van der Waals surface area (Å²) >= 11 is 0. The van der Waals surface area contributed by atoms with Crippen LogP contribution in [0.2, 0.25) is 0 Å². The van der Waals surface area contributed by atoms with E-state index in [1.807, 2.05) is 18.2 Å². The number of aliphatic hydroxyl groups is 1. The van der Waals surface area contributed by atoms with Gasteiger partial charge in [0.1, 0.15) is 0 Å².